The average molecular weight is 1180 g/mol. The second kappa shape index (κ2) is 35.7. The number of carboxylic acids is 6. The minimum atomic E-state index is -1.70. The van der Waals surface area contributed by atoms with E-state index < -0.39 is 190 Å². The van der Waals surface area contributed by atoms with Crippen molar-refractivity contribution in [3.63, 3.8) is 0 Å². The van der Waals surface area contributed by atoms with Crippen molar-refractivity contribution < 1.29 is 103 Å². The predicted molar refractivity (Wildman–Crippen MR) is 285 cm³/mol. The van der Waals surface area contributed by atoms with Crippen molar-refractivity contribution in [2.45, 2.75) is 82.5 Å². The Labute approximate surface area is 475 Å². The number of Topliss-reactive ketones (excluding diaryl/α,β-unsaturated/α-hetero) is 3. The number of carbonyl (C=O) groups excluding carboxylic acids is 7. The molecule has 2 heterocycles. The number of hydrogen-bond acceptors (Lipinski definition) is 20. The van der Waals surface area contributed by atoms with E-state index in [1.807, 2.05) is 0 Å². The molecule has 4 amide bonds. The highest BCUT2D eigenvalue weighted by molar-refractivity contribution is 5.97. The number of aliphatic hydroxyl groups is 2. The topological polar surface area (TPSA) is 474 Å². The van der Waals surface area contributed by atoms with Gasteiger partial charge >= 0.3 is 35.8 Å². The number of ketones is 3. The molecule has 1 fully saturated rings. The van der Waals surface area contributed by atoms with Gasteiger partial charge in [0.2, 0.25) is 23.6 Å². The number of hydrogen-bond donors (Lipinski definition) is 13. The van der Waals surface area contributed by atoms with Gasteiger partial charge in [-0.2, -0.15) is 0 Å². The fraction of sp³-hybridized carbons (Fsp3) is 0.577. The lowest BCUT2D eigenvalue weighted by Crippen LogP contribution is -2.52. The molecule has 458 valence electrons. The Hall–Kier alpha value is -8.10. The highest BCUT2D eigenvalue weighted by atomic mass is 16.4. The number of benzene rings is 1. The first-order valence-corrected chi connectivity index (χ1v) is 26.5. The van der Waals surface area contributed by atoms with E-state index in [4.69, 9.17) is 0 Å². The zero-order valence-electron chi connectivity index (χ0n) is 45.8. The van der Waals surface area contributed by atoms with Gasteiger partial charge in [-0.25, -0.2) is 9.78 Å². The zero-order valence-corrected chi connectivity index (χ0v) is 45.8. The van der Waals surface area contributed by atoms with Crippen molar-refractivity contribution in [3.05, 3.63) is 54.1 Å². The lowest BCUT2D eigenvalue weighted by molar-refractivity contribution is -0.145. The maximum absolute atomic E-state index is 13.9. The highest BCUT2D eigenvalue weighted by Crippen LogP contribution is 2.19. The largest absolute Gasteiger partial charge is 0.481 e. The van der Waals surface area contributed by atoms with Gasteiger partial charge in [-0.15, -0.1) is 0 Å². The van der Waals surface area contributed by atoms with E-state index in [0.717, 1.165) is 0 Å². The van der Waals surface area contributed by atoms with Crippen molar-refractivity contribution in [2.24, 2.45) is 17.8 Å². The zero-order chi connectivity index (χ0) is 61.8. The Morgan fingerprint density at radius 3 is 1.53 bits per heavy atom. The minimum Gasteiger partial charge on any atom is -0.481 e. The number of aliphatic hydroxyl groups excluding tert-OH is 2. The SMILES string of the molecule is C[C@H](NC(=O)[C@H](CC(=O)O)CC(=O)CNC(=O)CCC(C(=O)O)N1CCN(CC(=O)O)CCN(CC(=O)O)CCN(CC(=O)O)CC1)C(=O)C[C@@H](Cc1cnc[nH]1)C(=O)N[C@@H](CO)C(=O)C[C@@H](Cc1ccccc1)C(=O)N[C@@H](CO)C(=O)O. The molecule has 13 N–H and O–H groups in total. The third-order valence-electron chi connectivity index (χ3n) is 13.6. The Balaban J connectivity index is 1.68. The number of nitrogens with one attached hydrogen (secondary N) is 5. The van der Waals surface area contributed by atoms with Crippen molar-refractivity contribution in [3.8, 4) is 0 Å². The van der Waals surface area contributed by atoms with Crippen LogP contribution in [0.1, 0.15) is 56.7 Å². The fourth-order valence-corrected chi connectivity index (χ4v) is 9.03. The summed E-state index contributed by atoms with van der Waals surface area (Å²) in [5.74, 6) is -18.3. The third-order valence-corrected chi connectivity index (χ3v) is 13.6. The van der Waals surface area contributed by atoms with Gasteiger partial charge in [-0.05, 0) is 25.3 Å². The normalized spacial score (nSPS) is 16.6. The first-order chi connectivity index (χ1) is 39.3. The van der Waals surface area contributed by atoms with Gasteiger partial charge in [0.25, 0.3) is 0 Å². The summed E-state index contributed by atoms with van der Waals surface area (Å²) in [7, 11) is 0. The summed E-state index contributed by atoms with van der Waals surface area (Å²) >= 11 is 0. The second-order valence-electron chi connectivity index (χ2n) is 20.0. The van der Waals surface area contributed by atoms with Crippen molar-refractivity contribution in [1.29, 1.82) is 0 Å². The van der Waals surface area contributed by atoms with Crippen molar-refractivity contribution in [2.75, 3.05) is 91.8 Å². The maximum Gasteiger partial charge on any atom is 0.328 e. The molecule has 1 aromatic carbocycles. The number of rotatable bonds is 36. The van der Waals surface area contributed by atoms with E-state index >= 15 is 0 Å². The number of nitrogens with zero attached hydrogens (tertiary/aromatic N) is 5. The Morgan fingerprint density at radius 2 is 1.06 bits per heavy atom. The monoisotopic (exact) mass is 1170 g/mol. The molecule has 0 radical (unpaired) electrons. The number of aromatic nitrogens is 2. The summed E-state index contributed by atoms with van der Waals surface area (Å²) in [6.07, 6.45) is -1.37. The first kappa shape index (κ1) is 69.2. The van der Waals surface area contributed by atoms with Crippen LogP contribution in [0.5, 0.6) is 0 Å². The van der Waals surface area contributed by atoms with Crippen LogP contribution in [0, 0.1) is 17.8 Å². The lowest BCUT2D eigenvalue weighted by Gasteiger charge is -2.35. The molecule has 1 saturated heterocycles. The number of aliphatic carboxylic acids is 6. The molecule has 1 aromatic heterocycles. The van der Waals surface area contributed by atoms with Gasteiger partial charge in [0, 0.05) is 102 Å². The van der Waals surface area contributed by atoms with Crippen LogP contribution in [0.4, 0.5) is 0 Å². The summed E-state index contributed by atoms with van der Waals surface area (Å²) in [4.78, 5) is 178. The van der Waals surface area contributed by atoms with Crippen LogP contribution in [0.2, 0.25) is 0 Å². The number of carboxylic acid groups (broad SMARTS) is 6. The number of carbonyl (C=O) groups is 13. The standard InChI is InChI=1S/C52H74N10O21/c1-31(41(66)20-34(18-36-23-53-30-55-36)50(79)57-38(28-63)42(67)21-33(17-32-5-3-2-4-6-32)49(78)58-39(29-64)51(80)81)56-48(77)35(22-44(69)70)19-37(65)24-54-43(68)8-7-40(52(82)83)62-15-13-60(26-46(73)74)11-9-59(25-45(71)72)10-12-61(14-16-62)27-47(75)76/h2-6,23,30-31,33-35,38-40,63-64H,7-22,24-29H2,1H3,(H,53,55)(H,54,68)(H,56,77)(H,57,79)(H,58,78)(H,69,70)(H,71,72)(H,73,74)(H,75,76)(H,80,81)(H,82,83)/t31-,33+,34+,35-,38-,39-,40?/m0/s1. The summed E-state index contributed by atoms with van der Waals surface area (Å²) < 4.78 is 0. The summed E-state index contributed by atoms with van der Waals surface area (Å²) in [6, 6.07) is 2.20. The van der Waals surface area contributed by atoms with Crippen LogP contribution in [0.15, 0.2) is 42.9 Å². The highest BCUT2D eigenvalue weighted by Gasteiger charge is 2.35. The van der Waals surface area contributed by atoms with E-state index in [1.165, 1.54) is 39.0 Å². The fourth-order valence-electron chi connectivity index (χ4n) is 9.03. The molecule has 31 nitrogen and oxygen atoms in total. The van der Waals surface area contributed by atoms with E-state index in [1.54, 1.807) is 30.3 Å². The molecule has 0 spiro atoms. The third kappa shape index (κ3) is 26.1. The van der Waals surface area contributed by atoms with Crippen LogP contribution in [0.3, 0.4) is 0 Å². The van der Waals surface area contributed by atoms with Crippen LogP contribution >= 0.6 is 0 Å². The summed E-state index contributed by atoms with van der Waals surface area (Å²) in [5, 5.41) is 86.9. The van der Waals surface area contributed by atoms with E-state index in [2.05, 4.69) is 31.2 Å². The molecule has 83 heavy (non-hydrogen) atoms. The minimum absolute atomic E-state index is 0.00919. The van der Waals surface area contributed by atoms with Crippen LogP contribution in [-0.2, 0) is 75.2 Å². The Kier molecular flexibility index (Phi) is 29.7. The quantitative estimate of drug-likeness (QED) is 0.0307. The maximum atomic E-state index is 13.9. The second-order valence-corrected chi connectivity index (χ2v) is 20.0. The summed E-state index contributed by atoms with van der Waals surface area (Å²) in [6.45, 7) is -2.57. The van der Waals surface area contributed by atoms with Crippen LogP contribution in [0.25, 0.3) is 0 Å². The van der Waals surface area contributed by atoms with Crippen LogP contribution < -0.4 is 21.3 Å². The molecular formula is C52H74N10O21. The molecule has 1 aliphatic heterocycles. The first-order valence-electron chi connectivity index (χ1n) is 26.5. The predicted octanol–water partition coefficient (Wildman–Crippen LogP) is -4.24. The van der Waals surface area contributed by atoms with Gasteiger partial charge in [0.1, 0.15) is 18.1 Å². The lowest BCUT2D eigenvalue weighted by atomic mass is 9.90. The van der Waals surface area contributed by atoms with Crippen molar-refractivity contribution >= 4 is 76.8 Å². The molecule has 2 aromatic rings. The molecule has 0 aliphatic carbocycles. The number of aromatic amines is 1. The van der Waals surface area contributed by atoms with Gasteiger partial charge in [0.15, 0.2) is 17.3 Å². The van der Waals surface area contributed by atoms with Crippen molar-refractivity contribution in [1.82, 2.24) is 50.8 Å². The van der Waals surface area contributed by atoms with E-state index in [-0.39, 0.29) is 71.6 Å². The van der Waals surface area contributed by atoms with E-state index in [9.17, 15) is 103 Å². The number of amides is 4. The number of imidazole rings is 1. The molecular weight excluding hydrogens is 1100 g/mol. The number of H-pyrrole nitrogens is 1. The molecule has 1 unspecified atom stereocenters. The van der Waals surface area contributed by atoms with Gasteiger partial charge in [-0.1, -0.05) is 30.3 Å². The molecule has 0 saturated carbocycles. The van der Waals surface area contributed by atoms with Gasteiger partial charge < -0.3 is 67.1 Å². The molecule has 31 heteroatoms. The summed E-state index contributed by atoms with van der Waals surface area (Å²) in [5.41, 5.74) is 0.928. The van der Waals surface area contributed by atoms with Gasteiger partial charge in [-0.3, -0.25) is 77.1 Å². The molecule has 0 bridgehead atoms. The molecule has 7 atom stereocenters. The Morgan fingerprint density at radius 1 is 0.566 bits per heavy atom. The molecule has 1 aliphatic rings. The molecule has 3 rings (SSSR count). The van der Waals surface area contributed by atoms with Crippen LogP contribution in [-0.4, -0.2) is 263 Å². The van der Waals surface area contributed by atoms with E-state index in [0.29, 0.717) is 11.3 Å². The Bertz CT molecular complexity index is 2520. The average Bonchev–Trinajstić information content (AvgIpc) is 4.13. The smallest absolute Gasteiger partial charge is 0.328 e. The van der Waals surface area contributed by atoms with Gasteiger partial charge in [0.05, 0.1) is 70.0 Å².